The summed E-state index contributed by atoms with van der Waals surface area (Å²) in [5.74, 6) is 0.283. The smallest absolute Gasteiger partial charge is 0.267 e. The number of sulfonamides is 1. The van der Waals surface area contributed by atoms with Gasteiger partial charge in [0, 0.05) is 33.4 Å². The van der Waals surface area contributed by atoms with Crippen molar-refractivity contribution in [3.63, 3.8) is 0 Å². The van der Waals surface area contributed by atoms with Crippen molar-refractivity contribution >= 4 is 15.9 Å². The molecule has 0 bridgehead atoms. The molecule has 1 aliphatic heterocycles. The fraction of sp³-hybridized carbons (Fsp3) is 0.667. The van der Waals surface area contributed by atoms with Crippen molar-refractivity contribution in [2.75, 3.05) is 33.7 Å². The highest BCUT2D eigenvalue weighted by Gasteiger charge is 2.30. The van der Waals surface area contributed by atoms with Crippen molar-refractivity contribution in [2.24, 2.45) is 13.0 Å². The molecule has 1 aliphatic rings. The van der Waals surface area contributed by atoms with Crippen molar-refractivity contribution in [1.29, 1.82) is 0 Å². The standard InChI is InChI=1S/C15H26N4O3S/c1-16-7-4-12-5-8-19(9-6-12)23(21,22)13-10-14(15(20)17-2)18(3)11-13/h10-12,16H,4-9H2,1-3H3,(H,17,20). The molecule has 0 aromatic carbocycles. The van der Waals surface area contributed by atoms with Gasteiger partial charge in [-0.3, -0.25) is 4.79 Å². The fourth-order valence-electron chi connectivity index (χ4n) is 2.96. The minimum Gasteiger partial charge on any atom is -0.354 e. The summed E-state index contributed by atoms with van der Waals surface area (Å²) in [5.41, 5.74) is 0.343. The van der Waals surface area contributed by atoms with Crippen LogP contribution in [0.3, 0.4) is 0 Å². The molecule has 130 valence electrons. The summed E-state index contributed by atoms with van der Waals surface area (Å²) in [5, 5.41) is 5.65. The van der Waals surface area contributed by atoms with E-state index in [2.05, 4.69) is 10.6 Å². The zero-order valence-electron chi connectivity index (χ0n) is 14.0. The van der Waals surface area contributed by atoms with Crippen LogP contribution in [0.15, 0.2) is 17.2 Å². The molecule has 0 aliphatic carbocycles. The minimum absolute atomic E-state index is 0.187. The van der Waals surface area contributed by atoms with Crippen LogP contribution in [-0.4, -0.2) is 56.9 Å². The van der Waals surface area contributed by atoms with Crippen molar-refractivity contribution in [3.8, 4) is 0 Å². The molecule has 2 heterocycles. The van der Waals surface area contributed by atoms with Gasteiger partial charge in [-0.15, -0.1) is 0 Å². The molecule has 1 aromatic heterocycles. The Labute approximate surface area is 138 Å². The van der Waals surface area contributed by atoms with E-state index < -0.39 is 10.0 Å². The number of aryl methyl sites for hydroxylation is 1. The van der Waals surface area contributed by atoms with E-state index in [1.165, 1.54) is 23.6 Å². The Kier molecular flexibility index (Phi) is 5.83. The SMILES string of the molecule is CNCCC1CCN(S(=O)(=O)c2cc(C(=O)NC)n(C)c2)CC1. The van der Waals surface area contributed by atoms with E-state index >= 15 is 0 Å². The highest BCUT2D eigenvalue weighted by atomic mass is 32.2. The molecule has 2 N–H and O–H groups in total. The summed E-state index contributed by atoms with van der Waals surface area (Å²) in [6.45, 7) is 2.05. The van der Waals surface area contributed by atoms with Gasteiger partial charge in [0.1, 0.15) is 10.6 Å². The second kappa shape index (κ2) is 7.46. The van der Waals surface area contributed by atoms with Crippen molar-refractivity contribution in [2.45, 2.75) is 24.2 Å². The molecule has 0 saturated carbocycles. The zero-order valence-corrected chi connectivity index (χ0v) is 14.8. The van der Waals surface area contributed by atoms with Gasteiger partial charge < -0.3 is 15.2 Å². The lowest BCUT2D eigenvalue weighted by molar-refractivity contribution is 0.0955. The lowest BCUT2D eigenvalue weighted by atomic mass is 9.95. The highest BCUT2D eigenvalue weighted by molar-refractivity contribution is 7.89. The van der Waals surface area contributed by atoms with Crippen LogP contribution in [-0.2, 0) is 17.1 Å². The van der Waals surface area contributed by atoms with Crippen LogP contribution in [0.2, 0.25) is 0 Å². The van der Waals surface area contributed by atoms with E-state index in [9.17, 15) is 13.2 Å². The van der Waals surface area contributed by atoms with Crippen LogP contribution >= 0.6 is 0 Å². The first-order chi connectivity index (χ1) is 10.9. The maximum Gasteiger partial charge on any atom is 0.267 e. The molecule has 7 nitrogen and oxygen atoms in total. The minimum atomic E-state index is -3.53. The monoisotopic (exact) mass is 342 g/mol. The summed E-state index contributed by atoms with van der Waals surface area (Å²) in [4.78, 5) is 11.9. The van der Waals surface area contributed by atoms with E-state index in [1.54, 1.807) is 11.6 Å². The largest absolute Gasteiger partial charge is 0.354 e. The van der Waals surface area contributed by atoms with Gasteiger partial charge in [0.05, 0.1) is 0 Å². The van der Waals surface area contributed by atoms with E-state index in [0.29, 0.717) is 24.7 Å². The average molecular weight is 342 g/mol. The predicted octanol–water partition coefficient (Wildman–Crippen LogP) is 0.395. The molecular formula is C15H26N4O3S. The predicted molar refractivity (Wildman–Crippen MR) is 88.8 cm³/mol. The summed E-state index contributed by atoms with van der Waals surface area (Å²) >= 11 is 0. The van der Waals surface area contributed by atoms with E-state index in [-0.39, 0.29) is 10.8 Å². The van der Waals surface area contributed by atoms with E-state index in [0.717, 1.165) is 25.8 Å². The summed E-state index contributed by atoms with van der Waals surface area (Å²) < 4.78 is 28.6. The molecule has 2 rings (SSSR count). The van der Waals surface area contributed by atoms with Gasteiger partial charge in [0.2, 0.25) is 10.0 Å². The first-order valence-electron chi connectivity index (χ1n) is 7.93. The van der Waals surface area contributed by atoms with Crippen LogP contribution in [0, 0.1) is 5.92 Å². The number of nitrogens with zero attached hydrogens (tertiary/aromatic N) is 2. The molecule has 1 fully saturated rings. The number of hydrogen-bond donors (Lipinski definition) is 2. The molecule has 0 radical (unpaired) electrons. The van der Waals surface area contributed by atoms with Crippen LogP contribution in [0.25, 0.3) is 0 Å². The quantitative estimate of drug-likeness (QED) is 0.784. The zero-order chi connectivity index (χ0) is 17.0. The molecule has 8 heteroatoms. The Morgan fingerprint density at radius 2 is 1.96 bits per heavy atom. The molecule has 0 unspecified atom stereocenters. The van der Waals surface area contributed by atoms with Crippen LogP contribution in [0.4, 0.5) is 0 Å². The van der Waals surface area contributed by atoms with Gasteiger partial charge in [0.15, 0.2) is 0 Å². The number of piperidine rings is 1. The van der Waals surface area contributed by atoms with Crippen LogP contribution in [0.1, 0.15) is 29.8 Å². The Morgan fingerprint density at radius 1 is 1.30 bits per heavy atom. The molecule has 0 spiro atoms. The second-order valence-corrected chi connectivity index (χ2v) is 7.93. The molecule has 1 amide bonds. The lowest BCUT2D eigenvalue weighted by Gasteiger charge is -2.30. The van der Waals surface area contributed by atoms with Crippen LogP contribution < -0.4 is 10.6 Å². The van der Waals surface area contributed by atoms with Crippen molar-refractivity contribution < 1.29 is 13.2 Å². The third-order valence-corrected chi connectivity index (χ3v) is 6.32. The molecule has 23 heavy (non-hydrogen) atoms. The van der Waals surface area contributed by atoms with Gasteiger partial charge in [-0.2, -0.15) is 4.31 Å². The van der Waals surface area contributed by atoms with E-state index in [1.807, 2.05) is 7.05 Å². The van der Waals surface area contributed by atoms with E-state index in [4.69, 9.17) is 0 Å². The topological polar surface area (TPSA) is 83.4 Å². The van der Waals surface area contributed by atoms with Gasteiger partial charge in [0.25, 0.3) is 5.91 Å². The van der Waals surface area contributed by atoms with Crippen LogP contribution in [0.5, 0.6) is 0 Å². The number of carbonyl (C=O) groups excluding carboxylic acids is 1. The van der Waals surface area contributed by atoms with Gasteiger partial charge >= 0.3 is 0 Å². The summed E-state index contributed by atoms with van der Waals surface area (Å²) in [6.07, 6.45) is 4.36. The molecular weight excluding hydrogens is 316 g/mol. The maximum absolute atomic E-state index is 12.8. The Hall–Kier alpha value is -1.38. The number of amides is 1. The molecule has 1 aromatic rings. The van der Waals surface area contributed by atoms with Gasteiger partial charge in [-0.1, -0.05) is 0 Å². The highest BCUT2D eigenvalue weighted by Crippen LogP contribution is 2.26. The number of carbonyl (C=O) groups is 1. The first kappa shape index (κ1) is 18.0. The first-order valence-corrected chi connectivity index (χ1v) is 9.37. The number of hydrogen-bond acceptors (Lipinski definition) is 4. The Morgan fingerprint density at radius 3 is 2.52 bits per heavy atom. The third-order valence-electron chi connectivity index (χ3n) is 4.45. The van der Waals surface area contributed by atoms with Crippen molar-refractivity contribution in [3.05, 3.63) is 18.0 Å². The fourth-order valence-corrected chi connectivity index (χ4v) is 4.51. The van der Waals surface area contributed by atoms with Gasteiger partial charge in [-0.25, -0.2) is 8.42 Å². The number of rotatable bonds is 6. The lowest BCUT2D eigenvalue weighted by Crippen LogP contribution is -2.38. The van der Waals surface area contributed by atoms with Gasteiger partial charge in [-0.05, 0) is 44.8 Å². The molecule has 1 saturated heterocycles. The summed E-state index contributed by atoms with van der Waals surface area (Å²) in [6, 6.07) is 1.45. The Balaban J connectivity index is 2.09. The number of aromatic nitrogens is 1. The normalized spacial score (nSPS) is 17.3. The van der Waals surface area contributed by atoms with Crippen molar-refractivity contribution in [1.82, 2.24) is 19.5 Å². The summed E-state index contributed by atoms with van der Waals surface area (Å²) in [7, 11) is 1.60. The molecule has 0 atom stereocenters. The second-order valence-electron chi connectivity index (χ2n) is 5.99. The third kappa shape index (κ3) is 3.94. The average Bonchev–Trinajstić information content (AvgIpc) is 2.95. The Bertz CT molecular complexity index is 646. The maximum atomic E-state index is 12.8. The number of nitrogens with one attached hydrogen (secondary N) is 2.